The minimum absolute atomic E-state index is 0.0646. The van der Waals surface area contributed by atoms with E-state index in [4.69, 9.17) is 0 Å². The summed E-state index contributed by atoms with van der Waals surface area (Å²) in [6.45, 7) is 9.78. The van der Waals surface area contributed by atoms with Gasteiger partial charge in [-0.25, -0.2) is 0 Å². The SMILES string of the molecule is Cc1ccc(-c2ccc([C@@H](C)N[S@+]([O-])C(C)(C)C)nc2)cn1. The van der Waals surface area contributed by atoms with Gasteiger partial charge >= 0.3 is 0 Å². The third kappa shape index (κ3) is 4.29. The van der Waals surface area contributed by atoms with Crippen LogP contribution in [0.25, 0.3) is 11.1 Å². The first-order valence-electron chi connectivity index (χ1n) is 7.34. The van der Waals surface area contributed by atoms with Gasteiger partial charge in [0.25, 0.3) is 0 Å². The number of aromatic nitrogens is 2. The molecule has 2 heterocycles. The largest absolute Gasteiger partial charge is 0.598 e. The van der Waals surface area contributed by atoms with Crippen LogP contribution in [0, 0.1) is 6.92 Å². The molecule has 22 heavy (non-hydrogen) atoms. The van der Waals surface area contributed by atoms with Crippen molar-refractivity contribution in [2.24, 2.45) is 0 Å². The topological polar surface area (TPSA) is 60.9 Å². The van der Waals surface area contributed by atoms with Gasteiger partial charge < -0.3 is 4.55 Å². The Morgan fingerprint density at radius 1 is 1.05 bits per heavy atom. The highest BCUT2D eigenvalue weighted by Gasteiger charge is 2.28. The first-order valence-corrected chi connectivity index (χ1v) is 8.49. The molecule has 0 fully saturated rings. The highest BCUT2D eigenvalue weighted by molar-refractivity contribution is 7.90. The standard InChI is InChI=1S/C17H23N3OS/c1-12-6-7-14(10-18-12)15-8-9-16(19-11-15)13(2)20-22(21)17(3,4)5/h6-11,13,20H,1-5H3/t13-,22-/m1/s1. The summed E-state index contributed by atoms with van der Waals surface area (Å²) in [5, 5.41) is 0. The quantitative estimate of drug-likeness (QED) is 0.876. The first kappa shape index (κ1) is 16.9. The van der Waals surface area contributed by atoms with Gasteiger partial charge in [-0.05, 0) is 46.8 Å². The number of pyridine rings is 2. The van der Waals surface area contributed by atoms with E-state index in [0.29, 0.717) is 0 Å². The lowest BCUT2D eigenvalue weighted by Gasteiger charge is -2.26. The van der Waals surface area contributed by atoms with Gasteiger partial charge in [-0.1, -0.05) is 12.1 Å². The van der Waals surface area contributed by atoms with E-state index in [-0.39, 0.29) is 10.8 Å². The van der Waals surface area contributed by atoms with Crippen LogP contribution in [0.1, 0.15) is 45.1 Å². The van der Waals surface area contributed by atoms with Crippen molar-refractivity contribution in [1.82, 2.24) is 14.7 Å². The molecule has 0 spiro atoms. The molecule has 5 heteroatoms. The van der Waals surface area contributed by atoms with Gasteiger partial charge in [0.15, 0.2) is 0 Å². The predicted molar refractivity (Wildman–Crippen MR) is 91.7 cm³/mol. The summed E-state index contributed by atoms with van der Waals surface area (Å²) in [5.41, 5.74) is 3.95. The fourth-order valence-electron chi connectivity index (χ4n) is 1.87. The maximum absolute atomic E-state index is 12.1. The summed E-state index contributed by atoms with van der Waals surface area (Å²) in [6, 6.07) is 7.94. The molecule has 0 aliphatic rings. The van der Waals surface area contributed by atoms with Gasteiger partial charge in [0.1, 0.15) is 4.75 Å². The molecule has 4 nitrogen and oxygen atoms in total. The van der Waals surface area contributed by atoms with E-state index in [9.17, 15) is 4.55 Å². The number of hydrogen-bond acceptors (Lipinski definition) is 4. The molecule has 2 rings (SSSR count). The van der Waals surface area contributed by atoms with Gasteiger partial charge in [-0.15, -0.1) is 4.72 Å². The summed E-state index contributed by atoms with van der Waals surface area (Å²) in [5.74, 6) is 0. The van der Waals surface area contributed by atoms with Crippen LogP contribution in [-0.2, 0) is 11.4 Å². The minimum Gasteiger partial charge on any atom is -0.598 e. The fourth-order valence-corrected chi connectivity index (χ4v) is 2.66. The maximum atomic E-state index is 12.1. The number of nitrogens with one attached hydrogen (secondary N) is 1. The summed E-state index contributed by atoms with van der Waals surface area (Å²) in [4.78, 5) is 8.79. The molecule has 2 aromatic rings. The van der Waals surface area contributed by atoms with Gasteiger partial charge in [-0.3, -0.25) is 9.97 Å². The molecule has 118 valence electrons. The lowest BCUT2D eigenvalue weighted by molar-refractivity contribution is 0.529. The van der Waals surface area contributed by atoms with E-state index in [1.807, 2.05) is 71.3 Å². The summed E-state index contributed by atoms with van der Waals surface area (Å²) in [6.07, 6.45) is 3.68. The number of hydrogen-bond donors (Lipinski definition) is 1. The Labute approximate surface area is 135 Å². The Morgan fingerprint density at radius 3 is 2.09 bits per heavy atom. The maximum Gasteiger partial charge on any atom is 0.136 e. The normalized spacial score (nSPS) is 14.6. The van der Waals surface area contributed by atoms with Gasteiger partial charge in [-0.2, -0.15) is 0 Å². The molecule has 0 saturated carbocycles. The number of rotatable bonds is 4. The van der Waals surface area contributed by atoms with Crippen molar-refractivity contribution in [2.75, 3.05) is 0 Å². The van der Waals surface area contributed by atoms with Crippen LogP contribution in [0.5, 0.6) is 0 Å². The molecule has 0 aromatic carbocycles. The van der Waals surface area contributed by atoms with Crippen LogP contribution < -0.4 is 4.72 Å². The van der Waals surface area contributed by atoms with E-state index >= 15 is 0 Å². The number of aryl methyl sites for hydroxylation is 1. The second-order valence-electron chi connectivity index (χ2n) is 6.38. The van der Waals surface area contributed by atoms with Crippen LogP contribution >= 0.6 is 0 Å². The Bertz CT molecular complexity index is 605. The van der Waals surface area contributed by atoms with Gasteiger partial charge in [0, 0.05) is 40.6 Å². The van der Waals surface area contributed by atoms with E-state index < -0.39 is 11.4 Å². The Hall–Kier alpha value is -1.43. The molecular weight excluding hydrogens is 294 g/mol. The predicted octanol–water partition coefficient (Wildman–Crippen LogP) is 3.56. The highest BCUT2D eigenvalue weighted by atomic mass is 32.2. The molecular formula is C17H23N3OS. The highest BCUT2D eigenvalue weighted by Crippen LogP contribution is 2.21. The van der Waals surface area contributed by atoms with Crippen LogP contribution in [0.3, 0.4) is 0 Å². The van der Waals surface area contributed by atoms with E-state index in [0.717, 1.165) is 22.5 Å². The fraction of sp³-hybridized carbons (Fsp3) is 0.412. The molecule has 0 aliphatic carbocycles. The van der Waals surface area contributed by atoms with Crippen molar-refractivity contribution < 1.29 is 4.55 Å². The van der Waals surface area contributed by atoms with Crippen LogP contribution in [0.15, 0.2) is 36.7 Å². The summed E-state index contributed by atoms with van der Waals surface area (Å²) >= 11 is -1.11. The van der Waals surface area contributed by atoms with Gasteiger partial charge in [0.05, 0.1) is 11.7 Å². The second-order valence-corrected chi connectivity index (χ2v) is 8.38. The van der Waals surface area contributed by atoms with Crippen molar-refractivity contribution >= 4 is 11.4 Å². The average Bonchev–Trinajstić information content (AvgIpc) is 2.47. The monoisotopic (exact) mass is 317 g/mol. The summed E-state index contributed by atoms with van der Waals surface area (Å²) < 4.78 is 14.9. The zero-order valence-electron chi connectivity index (χ0n) is 13.8. The minimum atomic E-state index is -1.11. The Morgan fingerprint density at radius 2 is 1.64 bits per heavy atom. The lowest BCUT2D eigenvalue weighted by Crippen LogP contribution is -2.40. The molecule has 0 radical (unpaired) electrons. The number of nitrogens with zero attached hydrogens (tertiary/aromatic N) is 2. The van der Waals surface area contributed by atoms with Crippen molar-refractivity contribution in [3.05, 3.63) is 48.0 Å². The van der Waals surface area contributed by atoms with E-state index in [1.54, 1.807) is 0 Å². The van der Waals surface area contributed by atoms with Crippen molar-refractivity contribution in [2.45, 2.75) is 45.4 Å². The molecule has 1 N–H and O–H groups in total. The molecule has 2 atom stereocenters. The third-order valence-corrected chi connectivity index (χ3v) is 4.99. The molecule has 0 saturated heterocycles. The second kappa shape index (κ2) is 6.77. The zero-order valence-corrected chi connectivity index (χ0v) is 14.6. The molecule has 0 aliphatic heterocycles. The van der Waals surface area contributed by atoms with E-state index in [1.165, 1.54) is 0 Å². The summed E-state index contributed by atoms with van der Waals surface area (Å²) in [7, 11) is 0. The van der Waals surface area contributed by atoms with Crippen LogP contribution in [0.4, 0.5) is 0 Å². The van der Waals surface area contributed by atoms with Crippen molar-refractivity contribution in [3.8, 4) is 11.1 Å². The van der Waals surface area contributed by atoms with Crippen molar-refractivity contribution in [1.29, 1.82) is 0 Å². The zero-order chi connectivity index (χ0) is 16.3. The molecule has 0 bridgehead atoms. The Kier molecular flexibility index (Phi) is 5.21. The van der Waals surface area contributed by atoms with Crippen LogP contribution in [-0.4, -0.2) is 19.3 Å². The molecule has 0 amide bonds. The molecule has 0 unspecified atom stereocenters. The van der Waals surface area contributed by atoms with E-state index in [2.05, 4.69) is 14.7 Å². The lowest BCUT2D eigenvalue weighted by atomic mass is 10.1. The Balaban J connectivity index is 2.10. The molecule has 2 aromatic heterocycles. The van der Waals surface area contributed by atoms with Gasteiger partial charge in [0.2, 0.25) is 0 Å². The smallest absolute Gasteiger partial charge is 0.136 e. The van der Waals surface area contributed by atoms with Crippen LogP contribution in [0.2, 0.25) is 0 Å². The van der Waals surface area contributed by atoms with Crippen molar-refractivity contribution in [3.63, 3.8) is 0 Å². The third-order valence-electron chi connectivity index (χ3n) is 3.31. The average molecular weight is 317 g/mol. The first-order chi connectivity index (χ1) is 10.3.